The Morgan fingerprint density at radius 2 is 1.72 bits per heavy atom. The van der Waals surface area contributed by atoms with E-state index >= 15 is 0 Å². The van der Waals surface area contributed by atoms with Crippen LogP contribution in [-0.4, -0.2) is 55.3 Å². The van der Waals surface area contributed by atoms with E-state index < -0.39 is 0 Å². The molecule has 7 heteroatoms. The summed E-state index contributed by atoms with van der Waals surface area (Å²) in [4.78, 5) is 9.07. The lowest BCUT2D eigenvalue weighted by atomic mass is 10.1. The molecule has 1 aliphatic rings. The predicted molar refractivity (Wildman–Crippen MR) is 118 cm³/mol. The van der Waals surface area contributed by atoms with E-state index in [0.717, 1.165) is 62.1 Å². The van der Waals surface area contributed by atoms with Gasteiger partial charge >= 0.3 is 0 Å². The molecule has 6 nitrogen and oxygen atoms in total. The molecule has 2 aromatic heterocycles. The van der Waals surface area contributed by atoms with Gasteiger partial charge < -0.3 is 4.57 Å². The van der Waals surface area contributed by atoms with E-state index in [1.54, 1.807) is 12.4 Å². The lowest BCUT2D eigenvalue weighted by Crippen LogP contribution is -2.46. The smallest absolute Gasteiger partial charge is 0.199 e. The average Bonchev–Trinajstić information content (AvgIpc) is 3.05. The third kappa shape index (κ3) is 4.63. The number of piperazine rings is 1. The van der Waals surface area contributed by atoms with Gasteiger partial charge in [-0.15, -0.1) is 0 Å². The Bertz CT molecular complexity index is 1000. The first-order valence-electron chi connectivity index (χ1n) is 10.2. The van der Waals surface area contributed by atoms with E-state index in [0.29, 0.717) is 0 Å². The third-order valence-electron chi connectivity index (χ3n) is 5.47. The van der Waals surface area contributed by atoms with E-state index in [-0.39, 0.29) is 0 Å². The summed E-state index contributed by atoms with van der Waals surface area (Å²) in [5.74, 6) is 0.915. The largest absolute Gasteiger partial charge is 0.300 e. The van der Waals surface area contributed by atoms with Crippen LogP contribution in [0.5, 0.6) is 0 Å². The van der Waals surface area contributed by atoms with Crippen molar-refractivity contribution in [3.8, 4) is 11.4 Å². The van der Waals surface area contributed by atoms with Crippen molar-refractivity contribution in [1.29, 1.82) is 0 Å². The molecule has 0 radical (unpaired) electrons. The highest BCUT2D eigenvalue weighted by Crippen LogP contribution is 2.18. The van der Waals surface area contributed by atoms with Gasteiger partial charge in [0.2, 0.25) is 0 Å². The first-order valence-corrected chi connectivity index (χ1v) is 10.6. The Morgan fingerprint density at radius 1 is 1.00 bits per heavy atom. The second-order valence-electron chi connectivity index (χ2n) is 7.61. The highest BCUT2D eigenvalue weighted by molar-refractivity contribution is 7.71. The Labute approximate surface area is 177 Å². The molecule has 0 bridgehead atoms. The SMILES string of the molecule is CCn1c(-c2ccncc2)nn(CN2CCN(Cc3cccc(C)c3)CC2)c1=S. The summed E-state index contributed by atoms with van der Waals surface area (Å²) in [7, 11) is 0. The molecule has 0 saturated carbocycles. The van der Waals surface area contributed by atoms with Crippen molar-refractivity contribution in [3.63, 3.8) is 0 Å². The Balaban J connectivity index is 1.41. The molecule has 3 heterocycles. The van der Waals surface area contributed by atoms with Crippen molar-refractivity contribution in [3.05, 3.63) is 64.7 Å². The number of hydrogen-bond acceptors (Lipinski definition) is 5. The van der Waals surface area contributed by atoms with Gasteiger partial charge in [-0.25, -0.2) is 4.68 Å². The number of benzene rings is 1. The van der Waals surface area contributed by atoms with Crippen LogP contribution in [0.3, 0.4) is 0 Å². The van der Waals surface area contributed by atoms with Crippen LogP contribution in [0.15, 0.2) is 48.8 Å². The molecule has 0 aliphatic carbocycles. The molecule has 152 valence electrons. The van der Waals surface area contributed by atoms with Crippen molar-refractivity contribution in [2.24, 2.45) is 0 Å². The van der Waals surface area contributed by atoms with Gasteiger partial charge in [0.05, 0.1) is 6.67 Å². The monoisotopic (exact) mass is 408 g/mol. The molecule has 1 fully saturated rings. The van der Waals surface area contributed by atoms with Gasteiger partial charge in [0.1, 0.15) is 0 Å². The third-order valence-corrected chi connectivity index (χ3v) is 5.90. The zero-order valence-corrected chi connectivity index (χ0v) is 18.0. The van der Waals surface area contributed by atoms with Gasteiger partial charge in [-0.3, -0.25) is 14.8 Å². The minimum Gasteiger partial charge on any atom is -0.300 e. The van der Waals surface area contributed by atoms with Crippen molar-refractivity contribution in [1.82, 2.24) is 29.1 Å². The fourth-order valence-corrected chi connectivity index (χ4v) is 4.19. The molecule has 1 aromatic carbocycles. The molecule has 29 heavy (non-hydrogen) atoms. The minimum absolute atomic E-state index is 0.738. The maximum atomic E-state index is 5.71. The van der Waals surface area contributed by atoms with Crippen LogP contribution < -0.4 is 0 Å². The van der Waals surface area contributed by atoms with Crippen LogP contribution in [0.4, 0.5) is 0 Å². The summed E-state index contributed by atoms with van der Waals surface area (Å²) < 4.78 is 4.84. The fourth-order valence-electron chi connectivity index (χ4n) is 3.88. The van der Waals surface area contributed by atoms with E-state index in [1.807, 2.05) is 16.8 Å². The van der Waals surface area contributed by atoms with Crippen LogP contribution in [-0.2, 0) is 19.8 Å². The van der Waals surface area contributed by atoms with Crippen molar-refractivity contribution in [2.45, 2.75) is 33.6 Å². The van der Waals surface area contributed by atoms with E-state index in [2.05, 4.69) is 57.5 Å². The van der Waals surface area contributed by atoms with Crippen molar-refractivity contribution in [2.75, 3.05) is 26.2 Å². The fraction of sp³-hybridized carbons (Fsp3) is 0.409. The lowest BCUT2D eigenvalue weighted by molar-refractivity contribution is 0.0980. The van der Waals surface area contributed by atoms with E-state index in [4.69, 9.17) is 17.3 Å². The van der Waals surface area contributed by atoms with Crippen molar-refractivity contribution >= 4 is 12.2 Å². The standard InChI is InChI=1S/C22H28N6S/c1-3-27-21(20-7-9-23-10-8-20)24-28(22(27)29)17-26-13-11-25(12-14-26)16-19-6-4-5-18(2)15-19/h4-10,15H,3,11-14,16-17H2,1-2H3. The molecule has 3 aromatic rings. The van der Waals surface area contributed by atoms with Crippen LogP contribution in [0.25, 0.3) is 11.4 Å². The number of rotatable bonds is 6. The minimum atomic E-state index is 0.738. The summed E-state index contributed by atoms with van der Waals surface area (Å²) in [5, 5.41) is 4.83. The van der Waals surface area contributed by atoms with Crippen LogP contribution in [0.2, 0.25) is 0 Å². The quantitative estimate of drug-likeness (QED) is 0.583. The van der Waals surface area contributed by atoms with Gasteiger partial charge in [0.15, 0.2) is 10.6 Å². The van der Waals surface area contributed by atoms with Crippen LogP contribution in [0.1, 0.15) is 18.1 Å². The molecule has 0 unspecified atom stereocenters. The molecule has 0 amide bonds. The normalized spacial score (nSPS) is 15.7. The van der Waals surface area contributed by atoms with E-state index in [9.17, 15) is 0 Å². The number of hydrogen-bond donors (Lipinski definition) is 0. The van der Waals surface area contributed by atoms with Crippen molar-refractivity contribution < 1.29 is 0 Å². The maximum Gasteiger partial charge on any atom is 0.199 e. The summed E-state index contributed by atoms with van der Waals surface area (Å²) in [6, 6.07) is 12.8. The molecular weight excluding hydrogens is 380 g/mol. The summed E-state index contributed by atoms with van der Waals surface area (Å²) in [5.41, 5.74) is 3.77. The molecule has 4 rings (SSSR count). The Morgan fingerprint density at radius 3 is 2.41 bits per heavy atom. The second-order valence-corrected chi connectivity index (χ2v) is 7.98. The summed E-state index contributed by atoms with van der Waals surface area (Å²) >= 11 is 5.71. The predicted octanol–water partition coefficient (Wildman–Crippen LogP) is 3.58. The highest BCUT2D eigenvalue weighted by Gasteiger charge is 2.19. The van der Waals surface area contributed by atoms with Gasteiger partial charge in [-0.2, -0.15) is 5.10 Å². The maximum absolute atomic E-state index is 5.71. The first kappa shape index (κ1) is 19.9. The zero-order chi connectivity index (χ0) is 20.2. The van der Waals surface area contributed by atoms with Crippen LogP contribution in [0, 0.1) is 11.7 Å². The van der Waals surface area contributed by atoms with Gasteiger partial charge in [0.25, 0.3) is 0 Å². The Kier molecular flexibility index (Phi) is 6.18. The topological polar surface area (TPSA) is 42.1 Å². The zero-order valence-electron chi connectivity index (χ0n) is 17.2. The van der Waals surface area contributed by atoms with E-state index in [1.165, 1.54) is 11.1 Å². The molecule has 0 atom stereocenters. The second kappa shape index (κ2) is 8.98. The number of pyridine rings is 1. The Hall–Kier alpha value is -2.35. The number of nitrogens with zero attached hydrogens (tertiary/aromatic N) is 6. The summed E-state index contributed by atoms with van der Waals surface area (Å²) in [6.07, 6.45) is 3.59. The molecule has 0 spiro atoms. The molecule has 0 N–H and O–H groups in total. The number of aryl methyl sites for hydroxylation is 1. The average molecular weight is 409 g/mol. The lowest BCUT2D eigenvalue weighted by Gasteiger charge is -2.34. The molecule has 1 saturated heterocycles. The van der Waals surface area contributed by atoms with Gasteiger partial charge in [-0.05, 0) is 43.8 Å². The molecule has 1 aliphatic heterocycles. The van der Waals surface area contributed by atoms with Crippen LogP contribution >= 0.6 is 12.2 Å². The van der Waals surface area contributed by atoms with Gasteiger partial charge in [0, 0.05) is 57.2 Å². The summed E-state index contributed by atoms with van der Waals surface area (Å²) in [6.45, 7) is 11.0. The molecular formula is C22H28N6S. The number of aromatic nitrogens is 4. The first-order chi connectivity index (χ1) is 14.1. The van der Waals surface area contributed by atoms with Gasteiger partial charge in [-0.1, -0.05) is 29.8 Å². The highest BCUT2D eigenvalue weighted by atomic mass is 32.1.